The zero-order valence-electron chi connectivity index (χ0n) is 15.9. The normalized spacial score (nSPS) is 11.5. The average molecular weight is 469 g/mol. The third-order valence-electron chi connectivity index (χ3n) is 4.14. The highest BCUT2D eigenvalue weighted by Gasteiger charge is 2.14. The lowest BCUT2D eigenvalue weighted by Crippen LogP contribution is -2.22. The Labute approximate surface area is 183 Å². The molecule has 6 heteroatoms. The number of rotatable bonds is 7. The lowest BCUT2D eigenvalue weighted by molar-refractivity contribution is -0.116. The number of benzene rings is 3. The molecule has 1 unspecified atom stereocenters. The van der Waals surface area contributed by atoms with E-state index in [-0.39, 0.29) is 17.1 Å². The number of nitrogens with one attached hydrogen (secondary N) is 2. The summed E-state index contributed by atoms with van der Waals surface area (Å²) in [5.41, 5.74) is 2.48. The third kappa shape index (κ3) is 6.76. The molecule has 0 aliphatic carbocycles. The van der Waals surface area contributed by atoms with Gasteiger partial charge in [0.15, 0.2) is 0 Å². The van der Waals surface area contributed by atoms with Crippen molar-refractivity contribution in [2.75, 3.05) is 10.6 Å². The first-order chi connectivity index (χ1) is 14.0. The van der Waals surface area contributed by atoms with Crippen LogP contribution in [-0.2, 0) is 16.0 Å². The predicted octanol–water partition coefficient (Wildman–Crippen LogP) is 5.75. The number of anilines is 2. The average Bonchev–Trinajstić information content (AvgIpc) is 2.72. The third-order valence-corrected chi connectivity index (χ3v) is 5.78. The van der Waals surface area contributed by atoms with Crippen molar-refractivity contribution in [1.29, 1.82) is 0 Å². The molecule has 3 rings (SSSR count). The van der Waals surface area contributed by atoms with Crippen LogP contribution in [0.1, 0.15) is 12.5 Å². The van der Waals surface area contributed by atoms with Crippen molar-refractivity contribution in [2.45, 2.75) is 23.5 Å². The monoisotopic (exact) mass is 468 g/mol. The van der Waals surface area contributed by atoms with E-state index < -0.39 is 0 Å². The number of thioether (sulfide) groups is 1. The molecule has 0 spiro atoms. The van der Waals surface area contributed by atoms with E-state index in [1.54, 1.807) is 0 Å². The molecular formula is C23H21BrN2O2S. The summed E-state index contributed by atoms with van der Waals surface area (Å²) in [7, 11) is 0. The van der Waals surface area contributed by atoms with Gasteiger partial charge in [-0.05, 0) is 61.0 Å². The Morgan fingerprint density at radius 1 is 0.862 bits per heavy atom. The van der Waals surface area contributed by atoms with Gasteiger partial charge in [-0.3, -0.25) is 9.59 Å². The molecule has 0 bridgehead atoms. The SMILES string of the molecule is CC(Sc1ccc(NC(=O)Cc2ccccc2)cc1)C(=O)Nc1ccc(Br)cc1. The van der Waals surface area contributed by atoms with E-state index in [9.17, 15) is 9.59 Å². The molecule has 1 atom stereocenters. The molecule has 0 heterocycles. The van der Waals surface area contributed by atoms with Gasteiger partial charge in [-0.2, -0.15) is 0 Å². The van der Waals surface area contributed by atoms with Gasteiger partial charge in [-0.1, -0.05) is 46.3 Å². The van der Waals surface area contributed by atoms with Gasteiger partial charge >= 0.3 is 0 Å². The van der Waals surface area contributed by atoms with Crippen LogP contribution in [0.15, 0.2) is 88.2 Å². The zero-order valence-corrected chi connectivity index (χ0v) is 18.3. The number of hydrogen-bond donors (Lipinski definition) is 2. The summed E-state index contributed by atoms with van der Waals surface area (Å²) in [6.45, 7) is 1.87. The lowest BCUT2D eigenvalue weighted by Gasteiger charge is -2.13. The van der Waals surface area contributed by atoms with Gasteiger partial charge in [0.05, 0.1) is 11.7 Å². The fourth-order valence-corrected chi connectivity index (χ4v) is 3.77. The summed E-state index contributed by atoms with van der Waals surface area (Å²) < 4.78 is 0.967. The number of carbonyl (C=O) groups excluding carboxylic acids is 2. The van der Waals surface area contributed by atoms with Crippen LogP contribution in [0.2, 0.25) is 0 Å². The van der Waals surface area contributed by atoms with Gasteiger partial charge in [-0.15, -0.1) is 11.8 Å². The molecular weight excluding hydrogens is 448 g/mol. The summed E-state index contributed by atoms with van der Waals surface area (Å²) in [4.78, 5) is 25.5. The zero-order chi connectivity index (χ0) is 20.6. The summed E-state index contributed by atoms with van der Waals surface area (Å²) in [6.07, 6.45) is 0.338. The van der Waals surface area contributed by atoms with Crippen LogP contribution >= 0.6 is 27.7 Å². The molecule has 0 radical (unpaired) electrons. The molecule has 2 N–H and O–H groups in total. The van der Waals surface area contributed by atoms with Crippen LogP contribution in [0.25, 0.3) is 0 Å². The van der Waals surface area contributed by atoms with Crippen LogP contribution < -0.4 is 10.6 Å². The second kappa shape index (κ2) is 10.3. The van der Waals surface area contributed by atoms with Crippen molar-refractivity contribution in [3.05, 3.63) is 88.9 Å². The lowest BCUT2D eigenvalue weighted by atomic mass is 10.1. The van der Waals surface area contributed by atoms with Crippen LogP contribution in [-0.4, -0.2) is 17.1 Å². The maximum atomic E-state index is 12.4. The first-order valence-corrected chi connectivity index (χ1v) is 10.8. The second-order valence-corrected chi connectivity index (χ2v) is 8.82. The molecule has 29 heavy (non-hydrogen) atoms. The first kappa shape index (κ1) is 21.1. The molecule has 3 aromatic rings. The Morgan fingerprint density at radius 3 is 2.10 bits per heavy atom. The van der Waals surface area contributed by atoms with E-state index in [1.165, 1.54) is 11.8 Å². The Morgan fingerprint density at radius 2 is 1.45 bits per heavy atom. The predicted molar refractivity (Wildman–Crippen MR) is 123 cm³/mol. The summed E-state index contributed by atoms with van der Waals surface area (Å²) >= 11 is 4.85. The molecule has 0 aliphatic rings. The highest BCUT2D eigenvalue weighted by Crippen LogP contribution is 2.26. The maximum Gasteiger partial charge on any atom is 0.237 e. The fourth-order valence-electron chi connectivity index (χ4n) is 2.64. The van der Waals surface area contributed by atoms with E-state index in [0.717, 1.165) is 26.3 Å². The van der Waals surface area contributed by atoms with Crippen molar-refractivity contribution in [3.63, 3.8) is 0 Å². The molecule has 0 saturated heterocycles. The van der Waals surface area contributed by atoms with Gasteiger partial charge in [-0.25, -0.2) is 0 Å². The molecule has 0 aromatic heterocycles. The van der Waals surface area contributed by atoms with Crippen molar-refractivity contribution < 1.29 is 9.59 Å². The van der Waals surface area contributed by atoms with E-state index in [0.29, 0.717) is 6.42 Å². The maximum absolute atomic E-state index is 12.4. The quantitative estimate of drug-likeness (QED) is 0.434. The van der Waals surface area contributed by atoms with Gasteiger partial charge in [0.2, 0.25) is 11.8 Å². The summed E-state index contributed by atoms with van der Waals surface area (Å²) in [5, 5.41) is 5.56. The summed E-state index contributed by atoms with van der Waals surface area (Å²) in [6, 6.07) is 24.6. The topological polar surface area (TPSA) is 58.2 Å². The number of hydrogen-bond acceptors (Lipinski definition) is 3. The van der Waals surface area contributed by atoms with Crippen LogP contribution in [0, 0.1) is 0 Å². The Balaban J connectivity index is 1.50. The van der Waals surface area contributed by atoms with Crippen LogP contribution in [0.3, 0.4) is 0 Å². The van der Waals surface area contributed by atoms with Crippen molar-refractivity contribution in [3.8, 4) is 0 Å². The number of halogens is 1. The molecule has 3 aromatic carbocycles. The van der Waals surface area contributed by atoms with Gasteiger partial charge < -0.3 is 10.6 Å². The molecule has 148 valence electrons. The van der Waals surface area contributed by atoms with Gasteiger partial charge in [0, 0.05) is 20.7 Å². The molecule has 0 aliphatic heterocycles. The minimum atomic E-state index is -0.253. The Kier molecular flexibility index (Phi) is 7.49. The van der Waals surface area contributed by atoms with E-state index in [4.69, 9.17) is 0 Å². The highest BCUT2D eigenvalue weighted by molar-refractivity contribution is 9.10. The Bertz CT molecular complexity index is 960. The van der Waals surface area contributed by atoms with E-state index in [2.05, 4.69) is 26.6 Å². The van der Waals surface area contributed by atoms with Crippen LogP contribution in [0.5, 0.6) is 0 Å². The highest BCUT2D eigenvalue weighted by atomic mass is 79.9. The minimum Gasteiger partial charge on any atom is -0.326 e. The molecule has 0 saturated carbocycles. The van der Waals surface area contributed by atoms with Crippen molar-refractivity contribution >= 4 is 50.9 Å². The van der Waals surface area contributed by atoms with Crippen molar-refractivity contribution in [2.24, 2.45) is 0 Å². The largest absolute Gasteiger partial charge is 0.326 e. The molecule has 2 amide bonds. The smallest absolute Gasteiger partial charge is 0.237 e. The fraction of sp³-hybridized carbons (Fsp3) is 0.130. The molecule has 4 nitrogen and oxygen atoms in total. The second-order valence-electron chi connectivity index (χ2n) is 6.49. The first-order valence-electron chi connectivity index (χ1n) is 9.16. The summed E-state index contributed by atoms with van der Waals surface area (Å²) in [5.74, 6) is -0.114. The van der Waals surface area contributed by atoms with Gasteiger partial charge in [0.1, 0.15) is 0 Å². The van der Waals surface area contributed by atoms with Crippen LogP contribution in [0.4, 0.5) is 11.4 Å². The minimum absolute atomic E-state index is 0.0566. The number of amides is 2. The molecule has 0 fully saturated rings. The van der Waals surface area contributed by atoms with E-state index in [1.807, 2.05) is 85.8 Å². The Hall–Kier alpha value is -2.57. The van der Waals surface area contributed by atoms with Gasteiger partial charge in [0.25, 0.3) is 0 Å². The van der Waals surface area contributed by atoms with Crippen molar-refractivity contribution in [1.82, 2.24) is 0 Å². The standard InChI is InChI=1S/C23H21BrN2O2S/c1-16(23(28)26-20-9-7-18(24)8-10-20)29-21-13-11-19(12-14-21)25-22(27)15-17-5-3-2-4-6-17/h2-14,16H,15H2,1H3,(H,25,27)(H,26,28). The van der Waals surface area contributed by atoms with E-state index >= 15 is 0 Å². The number of carbonyl (C=O) groups is 2.